The van der Waals surface area contributed by atoms with Gasteiger partial charge in [0.2, 0.25) is 0 Å². The second kappa shape index (κ2) is 8.69. The Balaban J connectivity index is 1.89. The molecular weight excluding hydrogens is 437 g/mol. The van der Waals surface area contributed by atoms with E-state index in [4.69, 9.17) is 4.74 Å². The molecule has 0 N–H and O–H groups in total. The van der Waals surface area contributed by atoms with E-state index in [1.165, 1.54) is 16.9 Å². The van der Waals surface area contributed by atoms with Crippen LogP contribution in [0, 0.1) is 20.2 Å². The SMILES string of the molecule is COc1cccc(C(=O)N2CCN(c3c([N+](=O)[O-])cc(C(F)(F)F)cc3[N+](=O)[O-])CC2)c1. The minimum Gasteiger partial charge on any atom is -0.497 e. The quantitative estimate of drug-likeness (QED) is 0.501. The first kappa shape index (κ1) is 22.8. The van der Waals surface area contributed by atoms with E-state index in [2.05, 4.69) is 0 Å². The van der Waals surface area contributed by atoms with Gasteiger partial charge in [0.25, 0.3) is 17.3 Å². The number of ether oxygens (including phenoxy) is 1. The third-order valence-electron chi connectivity index (χ3n) is 4.99. The van der Waals surface area contributed by atoms with Crippen molar-refractivity contribution < 1.29 is 32.5 Å². The van der Waals surface area contributed by atoms with E-state index in [1.54, 1.807) is 24.3 Å². The number of methoxy groups -OCH3 is 1. The molecule has 170 valence electrons. The van der Waals surface area contributed by atoms with Crippen LogP contribution in [0.15, 0.2) is 36.4 Å². The first-order valence-corrected chi connectivity index (χ1v) is 9.25. The molecule has 0 bridgehead atoms. The summed E-state index contributed by atoms with van der Waals surface area (Å²) in [4.78, 5) is 36.2. The summed E-state index contributed by atoms with van der Waals surface area (Å²) in [5.74, 6) is 0.144. The van der Waals surface area contributed by atoms with E-state index in [0.29, 0.717) is 11.3 Å². The van der Waals surface area contributed by atoms with Crippen molar-refractivity contribution in [1.29, 1.82) is 0 Å². The number of nitro benzene ring substituents is 2. The molecule has 2 aromatic rings. The number of benzene rings is 2. The topological polar surface area (TPSA) is 119 Å². The maximum Gasteiger partial charge on any atom is 0.416 e. The minimum absolute atomic E-state index is 0.0389. The molecule has 0 aliphatic carbocycles. The molecule has 10 nitrogen and oxygen atoms in total. The highest BCUT2D eigenvalue weighted by Crippen LogP contribution is 2.43. The van der Waals surface area contributed by atoms with Crippen molar-refractivity contribution in [1.82, 2.24) is 4.90 Å². The number of piperazine rings is 1. The lowest BCUT2D eigenvalue weighted by molar-refractivity contribution is -0.393. The second-order valence-corrected chi connectivity index (χ2v) is 6.89. The number of alkyl halides is 3. The van der Waals surface area contributed by atoms with E-state index in [0.717, 1.165) is 0 Å². The summed E-state index contributed by atoms with van der Waals surface area (Å²) in [6.45, 7) is 0.0439. The smallest absolute Gasteiger partial charge is 0.416 e. The minimum atomic E-state index is -4.99. The summed E-state index contributed by atoms with van der Waals surface area (Å²) in [5, 5.41) is 22.9. The Hall–Kier alpha value is -3.90. The number of hydrogen-bond acceptors (Lipinski definition) is 7. The molecule has 0 atom stereocenters. The van der Waals surface area contributed by atoms with Crippen molar-refractivity contribution >= 4 is 23.0 Å². The summed E-state index contributed by atoms with van der Waals surface area (Å²) in [5.41, 5.74) is -3.67. The van der Waals surface area contributed by atoms with Gasteiger partial charge in [0.15, 0.2) is 5.69 Å². The molecule has 1 amide bonds. The molecule has 1 aliphatic heterocycles. The van der Waals surface area contributed by atoms with Gasteiger partial charge in [-0.2, -0.15) is 13.2 Å². The molecule has 1 saturated heterocycles. The highest BCUT2D eigenvalue weighted by molar-refractivity contribution is 5.94. The summed E-state index contributed by atoms with van der Waals surface area (Å²) >= 11 is 0. The van der Waals surface area contributed by atoms with Crippen molar-refractivity contribution in [2.45, 2.75) is 6.18 Å². The lowest BCUT2D eigenvalue weighted by atomic mass is 10.1. The average Bonchev–Trinajstić information content (AvgIpc) is 2.77. The number of anilines is 1. The zero-order chi connectivity index (χ0) is 23.6. The van der Waals surface area contributed by atoms with E-state index in [1.807, 2.05) is 0 Å². The Bertz CT molecular complexity index is 1030. The van der Waals surface area contributed by atoms with E-state index < -0.39 is 38.6 Å². The summed E-state index contributed by atoms with van der Waals surface area (Å²) in [6, 6.07) is 7.00. The molecule has 1 fully saturated rings. The number of halogens is 3. The largest absolute Gasteiger partial charge is 0.497 e. The molecule has 13 heteroatoms. The van der Waals surface area contributed by atoms with Gasteiger partial charge >= 0.3 is 6.18 Å². The Kier molecular flexibility index (Phi) is 6.18. The Morgan fingerprint density at radius 2 is 1.56 bits per heavy atom. The fourth-order valence-electron chi connectivity index (χ4n) is 3.44. The number of amides is 1. The van der Waals surface area contributed by atoms with Gasteiger partial charge in [0.05, 0.1) is 22.5 Å². The zero-order valence-corrected chi connectivity index (χ0v) is 16.7. The monoisotopic (exact) mass is 454 g/mol. The van der Waals surface area contributed by atoms with Crippen LogP contribution >= 0.6 is 0 Å². The standard InChI is InChI=1S/C19H17F3N4O6/c1-32-14-4-2-3-12(9-14)18(27)24-7-5-23(6-8-24)17-15(25(28)29)10-13(19(20,21)22)11-16(17)26(30)31/h2-4,9-11H,5-8H2,1H3. The molecular formula is C19H17F3N4O6. The summed E-state index contributed by atoms with van der Waals surface area (Å²) in [6.07, 6.45) is -4.99. The molecule has 0 aromatic heterocycles. The lowest BCUT2D eigenvalue weighted by Gasteiger charge is -2.35. The second-order valence-electron chi connectivity index (χ2n) is 6.89. The van der Waals surface area contributed by atoms with E-state index in [9.17, 15) is 38.2 Å². The van der Waals surface area contributed by atoms with Gasteiger partial charge in [-0.1, -0.05) is 6.07 Å². The Morgan fingerprint density at radius 3 is 2.03 bits per heavy atom. The fourth-order valence-corrected chi connectivity index (χ4v) is 3.44. The van der Waals surface area contributed by atoms with Gasteiger partial charge in [-0.3, -0.25) is 25.0 Å². The number of hydrogen-bond donors (Lipinski definition) is 0. The first-order chi connectivity index (χ1) is 15.0. The van der Waals surface area contributed by atoms with Crippen LogP contribution in [-0.2, 0) is 6.18 Å². The molecule has 32 heavy (non-hydrogen) atoms. The third kappa shape index (κ3) is 4.55. The van der Waals surface area contributed by atoms with Gasteiger partial charge < -0.3 is 14.5 Å². The predicted octanol–water partition coefficient (Wildman–Crippen LogP) is 3.49. The van der Waals surface area contributed by atoms with Crippen molar-refractivity contribution in [3.63, 3.8) is 0 Å². The van der Waals surface area contributed by atoms with E-state index in [-0.39, 0.29) is 44.2 Å². The first-order valence-electron chi connectivity index (χ1n) is 9.25. The van der Waals surface area contributed by atoms with E-state index >= 15 is 0 Å². The molecule has 3 rings (SSSR count). The maximum atomic E-state index is 13.1. The van der Waals surface area contributed by atoms with Crippen LogP contribution in [0.2, 0.25) is 0 Å². The lowest BCUT2D eigenvalue weighted by Crippen LogP contribution is -2.49. The van der Waals surface area contributed by atoms with Crippen LogP contribution in [0.1, 0.15) is 15.9 Å². The van der Waals surface area contributed by atoms with Gasteiger partial charge in [-0.05, 0) is 18.2 Å². The number of rotatable bonds is 5. The molecule has 2 aromatic carbocycles. The van der Waals surface area contributed by atoms with Gasteiger partial charge in [0, 0.05) is 43.9 Å². The predicted molar refractivity (Wildman–Crippen MR) is 106 cm³/mol. The Labute approximate surface area is 179 Å². The highest BCUT2D eigenvalue weighted by Gasteiger charge is 2.40. The van der Waals surface area contributed by atoms with Crippen LogP contribution < -0.4 is 9.64 Å². The fraction of sp³-hybridized carbons (Fsp3) is 0.316. The highest BCUT2D eigenvalue weighted by atomic mass is 19.4. The van der Waals surface area contributed by atoms with Crippen LogP contribution in [-0.4, -0.2) is 53.9 Å². The van der Waals surface area contributed by atoms with Gasteiger partial charge in [0.1, 0.15) is 5.75 Å². The Morgan fingerprint density at radius 1 is 1.00 bits per heavy atom. The number of nitro groups is 2. The molecule has 0 spiro atoms. The molecule has 1 aliphatic rings. The average molecular weight is 454 g/mol. The number of carbonyl (C=O) groups excluding carboxylic acids is 1. The summed E-state index contributed by atoms with van der Waals surface area (Å²) in [7, 11) is 1.45. The van der Waals surface area contributed by atoms with Crippen LogP contribution in [0.5, 0.6) is 5.75 Å². The summed E-state index contributed by atoms with van der Waals surface area (Å²) < 4.78 is 44.4. The number of nitrogens with zero attached hydrogens (tertiary/aromatic N) is 4. The maximum absolute atomic E-state index is 13.1. The van der Waals surface area contributed by atoms with Crippen molar-refractivity contribution in [3.05, 3.63) is 67.8 Å². The number of carbonyl (C=O) groups is 1. The molecule has 1 heterocycles. The van der Waals surface area contributed by atoms with Crippen molar-refractivity contribution in [3.8, 4) is 5.75 Å². The zero-order valence-electron chi connectivity index (χ0n) is 16.7. The van der Waals surface area contributed by atoms with Crippen LogP contribution in [0.4, 0.5) is 30.2 Å². The van der Waals surface area contributed by atoms with Gasteiger partial charge in [-0.15, -0.1) is 0 Å². The normalized spacial score (nSPS) is 14.2. The third-order valence-corrected chi connectivity index (χ3v) is 4.99. The van der Waals surface area contributed by atoms with Gasteiger partial charge in [-0.25, -0.2) is 0 Å². The van der Waals surface area contributed by atoms with Crippen molar-refractivity contribution in [2.75, 3.05) is 38.2 Å². The van der Waals surface area contributed by atoms with Crippen LogP contribution in [0.3, 0.4) is 0 Å². The van der Waals surface area contributed by atoms with Crippen LogP contribution in [0.25, 0.3) is 0 Å². The molecule has 0 saturated carbocycles. The molecule has 0 unspecified atom stereocenters. The molecule has 0 radical (unpaired) electrons. The van der Waals surface area contributed by atoms with Crippen molar-refractivity contribution in [2.24, 2.45) is 0 Å².